The molecule has 0 bridgehead atoms. The van der Waals surface area contributed by atoms with Crippen molar-refractivity contribution in [3.8, 4) is 11.3 Å². The first-order chi connectivity index (χ1) is 13.6. The van der Waals surface area contributed by atoms with E-state index in [1.54, 1.807) is 30.3 Å². The number of Topliss-reactive ketones (excluding diaryl/α,β-unsaturated/α-hetero) is 1. The number of amides is 1. The number of carbonyl (C=O) groups is 3. The van der Waals surface area contributed by atoms with Crippen LogP contribution in [0, 0.1) is 0 Å². The first kappa shape index (κ1) is 20.8. The molecule has 29 heavy (non-hydrogen) atoms. The molecule has 3 rings (SSSR count). The van der Waals surface area contributed by atoms with Crippen molar-refractivity contribution in [2.24, 2.45) is 0 Å². The summed E-state index contributed by atoms with van der Waals surface area (Å²) in [6.45, 7) is 2.87. The van der Waals surface area contributed by atoms with Crippen LogP contribution in [0.5, 0.6) is 0 Å². The van der Waals surface area contributed by atoms with E-state index in [9.17, 15) is 22.8 Å². The first-order valence-electron chi connectivity index (χ1n) is 9.07. The van der Waals surface area contributed by atoms with Crippen LogP contribution in [0.3, 0.4) is 0 Å². The monoisotopic (exact) mass is 419 g/mol. The Morgan fingerprint density at radius 2 is 1.83 bits per heavy atom. The number of ether oxygens (including phenoxy) is 1. The number of benzene rings is 1. The molecule has 1 aliphatic rings. The third kappa shape index (κ3) is 5.11. The van der Waals surface area contributed by atoms with Gasteiger partial charge in [0, 0.05) is 17.2 Å². The minimum absolute atomic E-state index is 0.0364. The highest BCUT2D eigenvalue weighted by Crippen LogP contribution is 2.23. The lowest BCUT2D eigenvalue weighted by Crippen LogP contribution is -2.42. The van der Waals surface area contributed by atoms with Gasteiger partial charge in [-0.05, 0) is 32.4 Å². The molecule has 9 heteroatoms. The van der Waals surface area contributed by atoms with Crippen molar-refractivity contribution in [2.75, 3.05) is 11.5 Å². The number of nitrogens with one attached hydrogen (secondary N) is 1. The standard InChI is InChI=1S/C20H21NO7S/c1-12(22)14-3-5-15(6-4-14)17-7-8-18(28-17)20(24)27-13(2)19(23)21-16-9-10-29(25,26)11-16/h3-8,13,16H,9-11H2,1-2H3,(H,21,23)/t13-,16-/m1/s1. The van der Waals surface area contributed by atoms with Crippen LogP contribution in [0.4, 0.5) is 0 Å². The first-order valence-corrected chi connectivity index (χ1v) is 10.9. The number of hydrogen-bond donors (Lipinski definition) is 1. The molecule has 8 nitrogen and oxygen atoms in total. The second-order valence-electron chi connectivity index (χ2n) is 6.95. The fraction of sp³-hybridized carbons (Fsp3) is 0.350. The lowest BCUT2D eigenvalue weighted by molar-refractivity contribution is -0.129. The molecule has 2 heterocycles. The normalized spacial score (nSPS) is 18.8. The van der Waals surface area contributed by atoms with Crippen LogP contribution in [-0.2, 0) is 19.4 Å². The molecule has 0 spiro atoms. The number of ketones is 1. The zero-order valence-corrected chi connectivity index (χ0v) is 16.8. The molecular formula is C20H21NO7S. The van der Waals surface area contributed by atoms with Gasteiger partial charge < -0.3 is 14.5 Å². The van der Waals surface area contributed by atoms with Gasteiger partial charge in [-0.15, -0.1) is 0 Å². The Hall–Kier alpha value is -2.94. The molecule has 1 saturated heterocycles. The van der Waals surface area contributed by atoms with E-state index in [4.69, 9.17) is 9.15 Å². The smallest absolute Gasteiger partial charge is 0.375 e. The number of hydrogen-bond acceptors (Lipinski definition) is 7. The summed E-state index contributed by atoms with van der Waals surface area (Å²) in [5.74, 6) is -1.15. The van der Waals surface area contributed by atoms with Gasteiger partial charge in [0.2, 0.25) is 5.76 Å². The fourth-order valence-electron chi connectivity index (χ4n) is 2.97. The van der Waals surface area contributed by atoms with Crippen molar-refractivity contribution in [1.29, 1.82) is 0 Å². The third-order valence-corrected chi connectivity index (χ3v) is 6.38. The molecule has 1 aromatic heterocycles. The summed E-state index contributed by atoms with van der Waals surface area (Å²) in [7, 11) is -3.12. The summed E-state index contributed by atoms with van der Waals surface area (Å²) in [6.07, 6.45) is -0.757. The van der Waals surface area contributed by atoms with Crippen LogP contribution in [0.15, 0.2) is 40.8 Å². The van der Waals surface area contributed by atoms with E-state index in [1.165, 1.54) is 19.9 Å². The van der Waals surface area contributed by atoms with Crippen molar-refractivity contribution in [3.63, 3.8) is 0 Å². The lowest BCUT2D eigenvalue weighted by Gasteiger charge is -2.16. The predicted molar refractivity (Wildman–Crippen MR) is 104 cm³/mol. The summed E-state index contributed by atoms with van der Waals surface area (Å²) in [5, 5.41) is 2.58. The average Bonchev–Trinajstić information content (AvgIpc) is 3.28. The topological polar surface area (TPSA) is 120 Å². The molecule has 0 radical (unpaired) electrons. The van der Waals surface area contributed by atoms with Gasteiger partial charge in [-0.1, -0.05) is 24.3 Å². The fourth-order valence-corrected chi connectivity index (χ4v) is 4.64. The molecule has 1 amide bonds. The molecule has 2 aromatic rings. The number of esters is 1. The van der Waals surface area contributed by atoms with Gasteiger partial charge in [0.15, 0.2) is 21.7 Å². The van der Waals surface area contributed by atoms with Gasteiger partial charge >= 0.3 is 5.97 Å². The highest BCUT2D eigenvalue weighted by atomic mass is 32.2. The molecule has 0 saturated carbocycles. The van der Waals surface area contributed by atoms with Crippen molar-refractivity contribution in [1.82, 2.24) is 5.32 Å². The van der Waals surface area contributed by atoms with Crippen molar-refractivity contribution >= 4 is 27.5 Å². The molecule has 1 aromatic carbocycles. The predicted octanol–water partition coefficient (Wildman–Crippen LogP) is 2.00. The van der Waals surface area contributed by atoms with E-state index in [1.807, 2.05) is 0 Å². The van der Waals surface area contributed by atoms with Gasteiger partial charge in [0.1, 0.15) is 5.76 Å². The average molecular weight is 419 g/mol. The summed E-state index contributed by atoms with van der Waals surface area (Å²) in [6, 6.07) is 9.29. The zero-order valence-electron chi connectivity index (χ0n) is 16.0. The highest BCUT2D eigenvalue weighted by Gasteiger charge is 2.31. The zero-order chi connectivity index (χ0) is 21.2. The van der Waals surface area contributed by atoms with Crippen molar-refractivity contribution in [3.05, 3.63) is 47.7 Å². The van der Waals surface area contributed by atoms with E-state index >= 15 is 0 Å². The molecule has 0 unspecified atom stereocenters. The number of sulfone groups is 1. The van der Waals surface area contributed by atoms with E-state index < -0.39 is 33.9 Å². The van der Waals surface area contributed by atoms with Crippen LogP contribution < -0.4 is 5.32 Å². The maximum absolute atomic E-state index is 12.3. The summed E-state index contributed by atoms with van der Waals surface area (Å²) >= 11 is 0. The second-order valence-corrected chi connectivity index (χ2v) is 9.18. The van der Waals surface area contributed by atoms with E-state index in [0.717, 1.165) is 0 Å². The minimum atomic E-state index is -3.12. The molecule has 0 aliphatic carbocycles. The van der Waals surface area contributed by atoms with Gasteiger partial charge in [-0.2, -0.15) is 0 Å². The van der Waals surface area contributed by atoms with Crippen molar-refractivity contribution < 1.29 is 32.0 Å². The van der Waals surface area contributed by atoms with Crippen LogP contribution >= 0.6 is 0 Å². The van der Waals surface area contributed by atoms with Crippen molar-refractivity contribution in [2.45, 2.75) is 32.4 Å². The van der Waals surface area contributed by atoms with Crippen LogP contribution in [0.2, 0.25) is 0 Å². The molecule has 1 aliphatic heterocycles. The van der Waals surface area contributed by atoms with Gasteiger partial charge in [-0.25, -0.2) is 13.2 Å². The van der Waals surface area contributed by atoms with Crippen LogP contribution in [-0.4, -0.2) is 49.7 Å². The largest absolute Gasteiger partial charge is 0.449 e. The highest BCUT2D eigenvalue weighted by molar-refractivity contribution is 7.91. The molecule has 2 atom stereocenters. The molecule has 154 valence electrons. The quantitative estimate of drug-likeness (QED) is 0.562. The molecule has 1 fully saturated rings. The number of furan rings is 1. The maximum Gasteiger partial charge on any atom is 0.375 e. The minimum Gasteiger partial charge on any atom is -0.449 e. The second kappa shape index (κ2) is 8.20. The van der Waals surface area contributed by atoms with Gasteiger partial charge in [0.05, 0.1) is 11.5 Å². The van der Waals surface area contributed by atoms with E-state index in [2.05, 4.69) is 5.32 Å². The van der Waals surface area contributed by atoms with Crippen LogP contribution in [0.1, 0.15) is 41.2 Å². The number of carbonyl (C=O) groups excluding carboxylic acids is 3. The van der Waals surface area contributed by atoms with Crippen LogP contribution in [0.25, 0.3) is 11.3 Å². The molecular weight excluding hydrogens is 398 g/mol. The summed E-state index contributed by atoms with van der Waals surface area (Å²) in [5.41, 5.74) is 1.25. The SMILES string of the molecule is CC(=O)c1ccc(-c2ccc(C(=O)O[C@H](C)C(=O)N[C@@H]3CCS(=O)(=O)C3)o2)cc1. The summed E-state index contributed by atoms with van der Waals surface area (Å²) in [4.78, 5) is 35.7. The Kier molecular flexibility index (Phi) is 5.88. The summed E-state index contributed by atoms with van der Waals surface area (Å²) < 4.78 is 33.5. The third-order valence-electron chi connectivity index (χ3n) is 4.61. The maximum atomic E-state index is 12.3. The Bertz CT molecular complexity index is 1040. The van der Waals surface area contributed by atoms with Gasteiger partial charge in [0.25, 0.3) is 5.91 Å². The van der Waals surface area contributed by atoms with Gasteiger partial charge in [-0.3, -0.25) is 9.59 Å². The molecule has 1 N–H and O–H groups in total. The Morgan fingerprint density at radius 1 is 1.14 bits per heavy atom. The van der Waals surface area contributed by atoms with E-state index in [-0.39, 0.29) is 23.0 Å². The number of rotatable bonds is 6. The Labute approximate surface area is 168 Å². The Balaban J connectivity index is 1.59. The van der Waals surface area contributed by atoms with E-state index in [0.29, 0.717) is 23.3 Å². The lowest BCUT2D eigenvalue weighted by atomic mass is 10.1. The Morgan fingerprint density at radius 3 is 2.41 bits per heavy atom.